The number of benzene rings is 1. The standard InChI is InChI=1S/C22H25N3O/c1-3-20-7-4-18-15-17(19-6-9-22-23-10-13-25(22)16-19)5-8-21(18)26-14-2-12-24(20)11-1/h5-6,8-10,13,15-16,20H,1-4,7,11-12,14H2. The first-order valence-electron chi connectivity index (χ1n) is 9.80. The van der Waals surface area contributed by atoms with Crippen LogP contribution in [0.4, 0.5) is 0 Å². The zero-order valence-electron chi connectivity index (χ0n) is 15.1. The third-order valence-corrected chi connectivity index (χ3v) is 5.88. The van der Waals surface area contributed by atoms with Crippen molar-refractivity contribution in [3.8, 4) is 16.9 Å². The van der Waals surface area contributed by atoms with Gasteiger partial charge in [0, 0.05) is 31.2 Å². The second-order valence-corrected chi connectivity index (χ2v) is 7.51. The van der Waals surface area contributed by atoms with Crippen LogP contribution < -0.4 is 4.74 Å². The normalized spacial score (nSPS) is 21.2. The van der Waals surface area contributed by atoms with Crippen LogP contribution in [-0.4, -0.2) is 40.0 Å². The van der Waals surface area contributed by atoms with Gasteiger partial charge in [-0.2, -0.15) is 0 Å². The Morgan fingerprint density at radius 3 is 2.92 bits per heavy atom. The number of hydrogen-bond donors (Lipinski definition) is 0. The molecule has 26 heavy (non-hydrogen) atoms. The van der Waals surface area contributed by atoms with Gasteiger partial charge in [0.1, 0.15) is 11.4 Å². The molecule has 1 fully saturated rings. The summed E-state index contributed by atoms with van der Waals surface area (Å²) in [6.07, 6.45) is 12.2. The van der Waals surface area contributed by atoms with Gasteiger partial charge in [-0.1, -0.05) is 6.07 Å². The van der Waals surface area contributed by atoms with E-state index in [-0.39, 0.29) is 0 Å². The Hall–Kier alpha value is -2.33. The molecular weight excluding hydrogens is 322 g/mol. The molecule has 2 aliphatic rings. The Morgan fingerprint density at radius 1 is 1.00 bits per heavy atom. The summed E-state index contributed by atoms with van der Waals surface area (Å²) in [4.78, 5) is 7.01. The number of ether oxygens (including phenoxy) is 1. The van der Waals surface area contributed by atoms with Gasteiger partial charge in [0.05, 0.1) is 6.61 Å². The molecule has 0 bridgehead atoms. The second-order valence-electron chi connectivity index (χ2n) is 7.51. The van der Waals surface area contributed by atoms with E-state index in [1.54, 1.807) is 0 Å². The van der Waals surface area contributed by atoms with Crippen molar-refractivity contribution in [2.45, 2.75) is 38.1 Å². The number of aryl methyl sites for hydroxylation is 1. The van der Waals surface area contributed by atoms with Gasteiger partial charge in [-0.25, -0.2) is 4.98 Å². The Kier molecular flexibility index (Phi) is 4.13. The zero-order valence-corrected chi connectivity index (χ0v) is 15.1. The fourth-order valence-electron chi connectivity index (χ4n) is 4.47. The lowest BCUT2D eigenvalue weighted by molar-refractivity contribution is 0.207. The van der Waals surface area contributed by atoms with Gasteiger partial charge < -0.3 is 14.0 Å². The van der Waals surface area contributed by atoms with Crippen molar-refractivity contribution in [3.63, 3.8) is 0 Å². The van der Waals surface area contributed by atoms with Gasteiger partial charge in [0.25, 0.3) is 0 Å². The Morgan fingerprint density at radius 2 is 1.92 bits per heavy atom. The molecule has 1 unspecified atom stereocenters. The molecule has 1 saturated heterocycles. The number of nitrogens with zero attached hydrogens (tertiary/aromatic N) is 3. The van der Waals surface area contributed by atoms with Gasteiger partial charge in [-0.15, -0.1) is 0 Å². The number of imidazole rings is 1. The monoisotopic (exact) mass is 347 g/mol. The summed E-state index contributed by atoms with van der Waals surface area (Å²) in [6, 6.07) is 11.7. The minimum Gasteiger partial charge on any atom is -0.493 e. The summed E-state index contributed by atoms with van der Waals surface area (Å²) in [5.41, 5.74) is 4.81. The topological polar surface area (TPSA) is 29.8 Å². The van der Waals surface area contributed by atoms with E-state index in [9.17, 15) is 0 Å². The van der Waals surface area contributed by atoms with Gasteiger partial charge in [0.2, 0.25) is 0 Å². The smallest absolute Gasteiger partial charge is 0.136 e. The minimum atomic E-state index is 0.756. The van der Waals surface area contributed by atoms with E-state index in [2.05, 4.69) is 50.8 Å². The number of hydrogen-bond acceptors (Lipinski definition) is 3. The molecule has 1 aromatic carbocycles. The van der Waals surface area contributed by atoms with Crippen molar-refractivity contribution < 1.29 is 4.74 Å². The van der Waals surface area contributed by atoms with E-state index >= 15 is 0 Å². The summed E-state index contributed by atoms with van der Waals surface area (Å²) >= 11 is 0. The molecule has 0 radical (unpaired) electrons. The van der Waals surface area contributed by atoms with Crippen LogP contribution in [0.2, 0.25) is 0 Å². The molecule has 0 amide bonds. The van der Waals surface area contributed by atoms with Gasteiger partial charge in [0.15, 0.2) is 0 Å². The van der Waals surface area contributed by atoms with Crippen LogP contribution in [0.5, 0.6) is 5.75 Å². The lowest BCUT2D eigenvalue weighted by Gasteiger charge is -2.26. The van der Waals surface area contributed by atoms with Crippen molar-refractivity contribution in [1.29, 1.82) is 0 Å². The third kappa shape index (κ3) is 2.99. The molecule has 0 spiro atoms. The van der Waals surface area contributed by atoms with E-state index in [1.807, 2.05) is 12.4 Å². The lowest BCUT2D eigenvalue weighted by Crippen LogP contribution is -2.32. The number of aromatic nitrogens is 2. The highest BCUT2D eigenvalue weighted by Crippen LogP contribution is 2.31. The average molecular weight is 347 g/mol. The van der Waals surface area contributed by atoms with E-state index in [1.165, 1.54) is 49.0 Å². The molecule has 1 atom stereocenters. The summed E-state index contributed by atoms with van der Waals surface area (Å²) in [7, 11) is 0. The molecule has 4 heteroatoms. The molecule has 0 aliphatic carbocycles. The first-order chi connectivity index (χ1) is 12.9. The molecule has 4 heterocycles. The van der Waals surface area contributed by atoms with Crippen molar-refractivity contribution in [2.24, 2.45) is 0 Å². The number of pyridine rings is 1. The number of fused-ring (bicyclic) bond motifs is 3. The Balaban J connectivity index is 1.47. The average Bonchev–Trinajstić information content (AvgIpc) is 3.32. The molecule has 134 valence electrons. The van der Waals surface area contributed by atoms with Crippen LogP contribution in [0.3, 0.4) is 0 Å². The second kappa shape index (κ2) is 6.76. The van der Waals surface area contributed by atoms with Crippen LogP contribution >= 0.6 is 0 Å². The van der Waals surface area contributed by atoms with Crippen molar-refractivity contribution in [3.05, 3.63) is 54.5 Å². The third-order valence-electron chi connectivity index (χ3n) is 5.88. The van der Waals surface area contributed by atoms with Crippen molar-refractivity contribution in [1.82, 2.24) is 14.3 Å². The SMILES string of the molecule is c1cn2cc(-c3ccc4c(c3)CCC3CCCN3CCCO4)ccc2n1. The zero-order chi connectivity index (χ0) is 17.3. The number of rotatable bonds is 1. The summed E-state index contributed by atoms with van der Waals surface area (Å²) in [5.74, 6) is 1.07. The van der Waals surface area contributed by atoms with Crippen molar-refractivity contribution in [2.75, 3.05) is 19.7 Å². The van der Waals surface area contributed by atoms with Crippen LogP contribution in [0.25, 0.3) is 16.8 Å². The predicted molar refractivity (Wildman–Crippen MR) is 104 cm³/mol. The van der Waals surface area contributed by atoms with Gasteiger partial charge in [-0.3, -0.25) is 0 Å². The van der Waals surface area contributed by atoms with E-state index < -0.39 is 0 Å². The molecule has 5 rings (SSSR count). The molecule has 4 nitrogen and oxygen atoms in total. The maximum Gasteiger partial charge on any atom is 0.136 e. The first kappa shape index (κ1) is 15.9. The minimum absolute atomic E-state index is 0.756. The van der Waals surface area contributed by atoms with Gasteiger partial charge >= 0.3 is 0 Å². The molecule has 2 aromatic heterocycles. The Bertz CT molecular complexity index is 917. The summed E-state index contributed by atoms with van der Waals surface area (Å²) in [6.45, 7) is 3.27. The van der Waals surface area contributed by atoms with E-state index in [0.29, 0.717) is 0 Å². The first-order valence-corrected chi connectivity index (χ1v) is 9.80. The van der Waals surface area contributed by atoms with Crippen LogP contribution in [0, 0.1) is 0 Å². The van der Waals surface area contributed by atoms with E-state index in [0.717, 1.165) is 36.9 Å². The molecule has 3 aromatic rings. The fraction of sp³-hybridized carbons (Fsp3) is 0.409. The quantitative estimate of drug-likeness (QED) is 0.661. The van der Waals surface area contributed by atoms with Crippen LogP contribution in [0.1, 0.15) is 31.2 Å². The maximum absolute atomic E-state index is 6.12. The van der Waals surface area contributed by atoms with Crippen LogP contribution in [-0.2, 0) is 6.42 Å². The highest BCUT2D eigenvalue weighted by Gasteiger charge is 2.25. The molecule has 0 saturated carbocycles. The highest BCUT2D eigenvalue weighted by atomic mass is 16.5. The molecule has 2 aliphatic heterocycles. The lowest BCUT2D eigenvalue weighted by atomic mass is 9.98. The van der Waals surface area contributed by atoms with Crippen molar-refractivity contribution >= 4 is 5.65 Å². The summed E-state index contributed by atoms with van der Waals surface area (Å²) in [5, 5.41) is 0. The maximum atomic E-state index is 6.12. The predicted octanol–water partition coefficient (Wildman–Crippen LogP) is 4.18. The summed E-state index contributed by atoms with van der Waals surface area (Å²) < 4.78 is 8.20. The Labute approximate surface area is 154 Å². The van der Waals surface area contributed by atoms with E-state index in [4.69, 9.17) is 4.74 Å². The molecular formula is C22H25N3O. The van der Waals surface area contributed by atoms with Crippen LogP contribution in [0.15, 0.2) is 48.9 Å². The highest BCUT2D eigenvalue weighted by molar-refractivity contribution is 5.66. The molecule has 0 N–H and O–H groups in total. The van der Waals surface area contributed by atoms with Gasteiger partial charge in [-0.05, 0) is 79.6 Å². The fourth-order valence-corrected chi connectivity index (χ4v) is 4.47. The largest absolute Gasteiger partial charge is 0.493 e.